The van der Waals surface area contributed by atoms with Crippen molar-refractivity contribution in [2.45, 2.75) is 0 Å². The zero-order valence-corrected chi connectivity index (χ0v) is 16.8. The average Bonchev–Trinajstić information content (AvgIpc) is 3.05. The quantitative estimate of drug-likeness (QED) is 0.535. The molecule has 1 aromatic heterocycles. The smallest absolute Gasteiger partial charge is 0.179 e. The average molecular weight is 445 g/mol. The van der Waals surface area contributed by atoms with Crippen LogP contribution in [0.3, 0.4) is 0 Å². The van der Waals surface area contributed by atoms with E-state index in [0.29, 0.717) is 17.1 Å². The zero-order valence-electron chi connectivity index (χ0n) is 12.8. The molecular weight excluding hydrogens is 430 g/mol. The molecule has 0 N–H and O–H groups in total. The lowest BCUT2D eigenvalue weighted by molar-refractivity contribution is 0.272. The Hall–Kier alpha value is -0.980. The molecule has 1 aromatic carbocycles. The number of halogens is 2. The molecule has 5 nitrogen and oxygen atoms in total. The number of aromatic nitrogens is 1. The Morgan fingerprint density at radius 2 is 2.12 bits per heavy atom. The summed E-state index contributed by atoms with van der Waals surface area (Å²) in [5.74, 6) is 1.59. The van der Waals surface area contributed by atoms with Crippen molar-refractivity contribution in [3.63, 3.8) is 0 Å². The van der Waals surface area contributed by atoms with Crippen LogP contribution < -0.4 is 9.57 Å². The van der Waals surface area contributed by atoms with Gasteiger partial charge in [0.15, 0.2) is 10.5 Å². The molecule has 3 rings (SSSR count). The van der Waals surface area contributed by atoms with Gasteiger partial charge in [-0.2, -0.15) is 9.64 Å². The summed E-state index contributed by atoms with van der Waals surface area (Å²) in [5.41, 5.74) is 1.24. The molecule has 0 spiro atoms. The van der Waals surface area contributed by atoms with Crippen molar-refractivity contribution < 1.29 is 0 Å². The lowest BCUT2D eigenvalue weighted by Gasteiger charge is -2.34. The van der Waals surface area contributed by atoms with Crippen LogP contribution in [0.15, 0.2) is 27.7 Å². The second kappa shape index (κ2) is 8.41. The lowest BCUT2D eigenvalue weighted by Crippen LogP contribution is -2.48. The number of nitriles is 1. The number of piperazine rings is 1. The van der Waals surface area contributed by atoms with Crippen LogP contribution in [-0.2, 0) is 0 Å². The van der Waals surface area contributed by atoms with Gasteiger partial charge in [-0.15, -0.1) is 11.6 Å². The molecule has 0 radical (unpaired) electrons. The van der Waals surface area contributed by atoms with E-state index in [-0.39, 0.29) is 0 Å². The molecule has 0 saturated carbocycles. The van der Waals surface area contributed by atoms with Gasteiger partial charge in [-0.1, -0.05) is 15.9 Å². The third-order valence-corrected chi connectivity index (χ3v) is 6.14. The molecular formula is C15H15BrClN5S2. The molecule has 1 aliphatic heterocycles. The molecule has 0 aliphatic carbocycles. The van der Waals surface area contributed by atoms with E-state index < -0.39 is 0 Å². The van der Waals surface area contributed by atoms with E-state index in [1.165, 1.54) is 20.9 Å². The highest BCUT2D eigenvalue weighted by Gasteiger charge is 2.20. The van der Waals surface area contributed by atoms with Gasteiger partial charge in [-0.3, -0.25) is 4.90 Å². The minimum absolute atomic E-state index is 0.556. The molecule has 2 aromatic rings. The predicted molar refractivity (Wildman–Crippen MR) is 103 cm³/mol. The van der Waals surface area contributed by atoms with Crippen LogP contribution in [0.1, 0.15) is 5.56 Å². The summed E-state index contributed by atoms with van der Waals surface area (Å²) in [6.07, 6.45) is 0. The molecule has 2 heterocycles. The predicted octanol–water partition coefficient (Wildman–Crippen LogP) is 3.43. The molecule has 9 heteroatoms. The van der Waals surface area contributed by atoms with Crippen LogP contribution >= 0.6 is 48.4 Å². The number of benzene rings is 1. The maximum atomic E-state index is 9.30. The Morgan fingerprint density at radius 3 is 2.83 bits per heavy atom. The van der Waals surface area contributed by atoms with Gasteiger partial charge in [-0.05, 0) is 28.5 Å². The Bertz CT molecular complexity index is 805. The van der Waals surface area contributed by atoms with Gasteiger partial charge in [0, 0.05) is 53.6 Å². The van der Waals surface area contributed by atoms with Crippen LogP contribution in [0.5, 0.6) is 0 Å². The normalized spacial score (nSPS) is 16.4. The maximum Gasteiger partial charge on any atom is 0.179 e. The van der Waals surface area contributed by atoms with E-state index >= 15 is 0 Å². The Kier molecular flexibility index (Phi) is 6.25. The van der Waals surface area contributed by atoms with Gasteiger partial charge < -0.3 is 4.90 Å². The van der Waals surface area contributed by atoms with Crippen LogP contribution in [0.4, 0.5) is 11.5 Å². The van der Waals surface area contributed by atoms with Crippen LogP contribution in [-0.4, -0.2) is 47.9 Å². The fourth-order valence-corrected chi connectivity index (χ4v) is 4.83. The summed E-state index contributed by atoms with van der Waals surface area (Å²) in [5, 5.41) is 9.30. The molecule has 24 heavy (non-hydrogen) atoms. The van der Waals surface area contributed by atoms with Gasteiger partial charge >= 0.3 is 0 Å². The summed E-state index contributed by atoms with van der Waals surface area (Å²) >= 11 is 9.20. The molecule has 0 unspecified atom stereocenters. The first-order chi connectivity index (χ1) is 11.7. The van der Waals surface area contributed by atoms with Crippen molar-refractivity contribution in [3.05, 3.63) is 32.9 Å². The lowest BCUT2D eigenvalue weighted by atomic mass is 10.2. The third kappa shape index (κ3) is 4.16. The molecule has 0 atom stereocenters. The summed E-state index contributed by atoms with van der Waals surface area (Å²) in [6, 6.07) is 7.74. The van der Waals surface area contributed by atoms with Crippen molar-refractivity contribution in [2.24, 2.45) is 4.99 Å². The summed E-state index contributed by atoms with van der Waals surface area (Å²) in [7, 11) is 2.97. The van der Waals surface area contributed by atoms with E-state index in [2.05, 4.69) is 36.2 Å². The Balaban J connectivity index is 1.85. The molecule has 126 valence electrons. The minimum Gasteiger partial charge on any atom is -0.351 e. The van der Waals surface area contributed by atoms with E-state index in [1.807, 2.05) is 12.1 Å². The monoisotopic (exact) mass is 443 g/mol. The maximum absolute atomic E-state index is 9.30. The second-order valence-corrected chi connectivity index (χ2v) is 8.41. The molecule has 0 bridgehead atoms. The van der Waals surface area contributed by atoms with Crippen molar-refractivity contribution >= 4 is 59.9 Å². The number of nitrogens with zero attached hydrogens (tertiary/aromatic N) is 5. The first-order valence-corrected chi connectivity index (χ1v) is 10.9. The third-order valence-electron chi connectivity index (χ3n) is 3.80. The highest BCUT2D eigenvalue weighted by Crippen LogP contribution is 2.23. The largest absolute Gasteiger partial charge is 0.351 e. The number of anilines is 1. The topological polar surface area (TPSA) is 55.5 Å². The zero-order chi connectivity index (χ0) is 16.9. The number of hydrogen-bond donors (Lipinski definition) is 0. The number of rotatable bonds is 4. The number of hydrogen-bond acceptors (Lipinski definition) is 7. The summed E-state index contributed by atoms with van der Waals surface area (Å²) in [4.78, 5) is 9.32. The van der Waals surface area contributed by atoms with Gasteiger partial charge in [0.05, 0.1) is 11.3 Å². The second-order valence-electron chi connectivity index (χ2n) is 5.28. The fraction of sp³-hybridized carbons (Fsp3) is 0.400. The van der Waals surface area contributed by atoms with Crippen molar-refractivity contribution in [1.29, 1.82) is 5.26 Å². The van der Waals surface area contributed by atoms with Crippen molar-refractivity contribution in [1.82, 2.24) is 9.27 Å². The van der Waals surface area contributed by atoms with Crippen LogP contribution in [0.2, 0.25) is 0 Å². The first kappa shape index (κ1) is 17.8. The Morgan fingerprint density at radius 1 is 1.33 bits per heavy atom. The van der Waals surface area contributed by atoms with Gasteiger partial charge in [0.25, 0.3) is 0 Å². The van der Waals surface area contributed by atoms with E-state index in [4.69, 9.17) is 16.6 Å². The fourth-order valence-electron chi connectivity index (χ4n) is 2.53. The highest BCUT2D eigenvalue weighted by atomic mass is 79.9. The number of alkyl halides is 1. The van der Waals surface area contributed by atoms with Crippen LogP contribution in [0.25, 0.3) is 0 Å². The van der Waals surface area contributed by atoms with Gasteiger partial charge in [-0.25, -0.2) is 4.99 Å². The minimum atomic E-state index is 0.556. The Labute approximate surface area is 161 Å². The standard InChI is InChI=1S/C15H15BrClN5S2/c16-12-1-2-13(11(9-12)10-18)19-15-14(20-24-23-15)22-7-5-21(4-3-17)6-8-22/h1-2,9H,3-8H2. The molecule has 1 aliphatic rings. The molecule has 1 fully saturated rings. The van der Waals surface area contributed by atoms with Crippen LogP contribution in [0, 0.1) is 11.3 Å². The van der Waals surface area contributed by atoms with E-state index in [9.17, 15) is 5.26 Å². The molecule has 1 saturated heterocycles. The van der Waals surface area contributed by atoms with Gasteiger partial charge in [0.2, 0.25) is 0 Å². The molecule has 0 amide bonds. The highest BCUT2D eigenvalue weighted by molar-refractivity contribution is 9.10. The van der Waals surface area contributed by atoms with Crippen molar-refractivity contribution in [3.8, 4) is 6.07 Å². The SMILES string of the molecule is N#Cc1cc(Br)ccc1N=c1ssnc1N1CCN(CCCl)CC1. The van der Waals surface area contributed by atoms with Crippen molar-refractivity contribution in [2.75, 3.05) is 43.5 Å². The first-order valence-electron chi connectivity index (χ1n) is 7.45. The van der Waals surface area contributed by atoms with Gasteiger partial charge in [0.1, 0.15) is 6.07 Å². The van der Waals surface area contributed by atoms with E-state index in [0.717, 1.165) is 47.7 Å². The summed E-state index contributed by atoms with van der Waals surface area (Å²) < 4.78 is 6.28. The summed E-state index contributed by atoms with van der Waals surface area (Å²) in [6.45, 7) is 4.73. The van der Waals surface area contributed by atoms with E-state index in [1.54, 1.807) is 6.07 Å².